The van der Waals surface area contributed by atoms with Crippen molar-refractivity contribution in [2.45, 2.75) is 46.6 Å². The smallest absolute Gasteiger partial charge is 0.309 e. The molecule has 4 heteroatoms. The van der Waals surface area contributed by atoms with E-state index in [0.717, 1.165) is 29.6 Å². The van der Waals surface area contributed by atoms with Gasteiger partial charge in [-0.1, -0.05) is 46.4 Å². The summed E-state index contributed by atoms with van der Waals surface area (Å²) in [5.74, 6) is 0. The van der Waals surface area contributed by atoms with Crippen LogP contribution in [0.3, 0.4) is 0 Å². The minimum atomic E-state index is -0.141. The molecule has 0 aliphatic heterocycles. The highest BCUT2D eigenvalue weighted by atomic mass is 16.1. The van der Waals surface area contributed by atoms with Crippen LogP contribution >= 0.6 is 0 Å². The molecule has 0 amide bonds. The molecule has 4 nitrogen and oxygen atoms in total. The molecule has 0 spiro atoms. The van der Waals surface area contributed by atoms with Gasteiger partial charge in [-0.3, -0.25) is 4.57 Å². The molecule has 0 N–H and O–H groups in total. The summed E-state index contributed by atoms with van der Waals surface area (Å²) >= 11 is 0. The molecule has 0 radical (unpaired) electrons. The van der Waals surface area contributed by atoms with Gasteiger partial charge in [0.25, 0.3) is 0 Å². The second kappa shape index (κ2) is 7.05. The number of rotatable bonds is 4. The molecule has 0 saturated carbocycles. The minimum Gasteiger partial charge on any atom is -0.309 e. The van der Waals surface area contributed by atoms with E-state index in [1.165, 1.54) is 0 Å². The van der Waals surface area contributed by atoms with E-state index in [9.17, 15) is 4.79 Å². The fourth-order valence-electron chi connectivity index (χ4n) is 2.56. The SMILES string of the molecule is C.CN(C)CCCn1c(=O)nc(C(C)(C)C)c2ccccc21. The summed E-state index contributed by atoms with van der Waals surface area (Å²) in [7, 11) is 4.09. The quantitative estimate of drug-likeness (QED) is 0.870. The van der Waals surface area contributed by atoms with E-state index in [2.05, 4.69) is 36.7 Å². The third kappa shape index (κ3) is 3.95. The average molecular weight is 303 g/mol. The molecule has 0 bridgehead atoms. The summed E-state index contributed by atoms with van der Waals surface area (Å²) in [4.78, 5) is 18.9. The zero-order valence-corrected chi connectivity index (χ0v) is 13.7. The zero-order chi connectivity index (χ0) is 15.6. The lowest BCUT2D eigenvalue weighted by Gasteiger charge is -2.21. The number of hydrogen-bond acceptors (Lipinski definition) is 3. The van der Waals surface area contributed by atoms with Gasteiger partial charge in [0, 0.05) is 17.3 Å². The molecule has 0 saturated heterocycles. The van der Waals surface area contributed by atoms with Crippen molar-refractivity contribution in [3.8, 4) is 0 Å². The van der Waals surface area contributed by atoms with Crippen molar-refractivity contribution in [2.24, 2.45) is 0 Å². The van der Waals surface area contributed by atoms with Gasteiger partial charge in [-0.05, 0) is 33.1 Å². The van der Waals surface area contributed by atoms with Crippen LogP contribution in [-0.4, -0.2) is 35.1 Å². The standard InChI is InChI=1S/C17H25N3O.CH4/c1-17(2,3)15-13-9-6-7-10-14(13)20(16(21)18-15)12-8-11-19(4)5;/h6-7,9-10H,8,11-12H2,1-5H3;1H4. The van der Waals surface area contributed by atoms with Gasteiger partial charge in [0.1, 0.15) is 0 Å². The normalized spacial score (nSPS) is 11.7. The van der Waals surface area contributed by atoms with Crippen LogP contribution in [0.4, 0.5) is 0 Å². The Balaban J connectivity index is 0.00000242. The number of fused-ring (bicyclic) bond motifs is 1. The van der Waals surface area contributed by atoms with Crippen molar-refractivity contribution < 1.29 is 0 Å². The molecule has 0 aliphatic rings. The number of nitrogens with zero attached hydrogens (tertiary/aromatic N) is 3. The molecule has 2 rings (SSSR count). The van der Waals surface area contributed by atoms with Crippen LogP contribution in [0, 0.1) is 0 Å². The molecule has 0 unspecified atom stereocenters. The lowest BCUT2D eigenvalue weighted by molar-refractivity contribution is 0.385. The van der Waals surface area contributed by atoms with E-state index in [1.807, 2.05) is 32.3 Å². The Bertz CT molecular complexity index is 681. The first-order valence-corrected chi connectivity index (χ1v) is 7.45. The monoisotopic (exact) mass is 303 g/mol. The van der Waals surface area contributed by atoms with Crippen LogP contribution in [-0.2, 0) is 12.0 Å². The van der Waals surface area contributed by atoms with Gasteiger partial charge in [-0.25, -0.2) is 4.79 Å². The minimum absolute atomic E-state index is 0. The van der Waals surface area contributed by atoms with Crippen LogP contribution in [0.2, 0.25) is 0 Å². The first-order valence-electron chi connectivity index (χ1n) is 7.45. The Labute approximate surface area is 133 Å². The first kappa shape index (κ1) is 18.4. The van der Waals surface area contributed by atoms with Crippen LogP contribution < -0.4 is 5.69 Å². The van der Waals surface area contributed by atoms with E-state index in [-0.39, 0.29) is 18.5 Å². The third-order valence-corrected chi connectivity index (χ3v) is 3.59. The van der Waals surface area contributed by atoms with Gasteiger partial charge in [0.15, 0.2) is 0 Å². The number of hydrogen-bond donors (Lipinski definition) is 0. The summed E-state index contributed by atoms with van der Waals surface area (Å²) in [5.41, 5.74) is 1.59. The second-order valence-corrected chi connectivity index (χ2v) is 6.82. The lowest BCUT2D eigenvalue weighted by atomic mass is 9.89. The lowest BCUT2D eigenvalue weighted by Crippen LogP contribution is -2.29. The first-order chi connectivity index (χ1) is 9.80. The predicted molar refractivity (Wildman–Crippen MR) is 94.6 cm³/mol. The van der Waals surface area contributed by atoms with Crippen molar-refractivity contribution in [2.75, 3.05) is 20.6 Å². The van der Waals surface area contributed by atoms with E-state index < -0.39 is 0 Å². The molecule has 122 valence electrons. The maximum absolute atomic E-state index is 12.4. The number of aryl methyl sites for hydroxylation is 1. The fraction of sp³-hybridized carbons (Fsp3) is 0.556. The molecular formula is C18H29N3O. The van der Waals surface area contributed by atoms with Crippen molar-refractivity contribution in [1.29, 1.82) is 0 Å². The van der Waals surface area contributed by atoms with Crippen LogP contribution in [0.1, 0.15) is 40.3 Å². The Morgan fingerprint density at radius 1 is 1.18 bits per heavy atom. The van der Waals surface area contributed by atoms with Crippen molar-refractivity contribution in [3.63, 3.8) is 0 Å². The molecule has 1 aromatic carbocycles. The Morgan fingerprint density at radius 3 is 2.41 bits per heavy atom. The summed E-state index contributed by atoms with van der Waals surface area (Å²) in [6.07, 6.45) is 0.938. The van der Waals surface area contributed by atoms with E-state index >= 15 is 0 Å². The molecule has 0 aliphatic carbocycles. The van der Waals surface area contributed by atoms with Gasteiger partial charge >= 0.3 is 5.69 Å². The van der Waals surface area contributed by atoms with Crippen LogP contribution in [0.5, 0.6) is 0 Å². The largest absolute Gasteiger partial charge is 0.348 e. The summed E-state index contributed by atoms with van der Waals surface area (Å²) < 4.78 is 1.80. The molecule has 1 heterocycles. The highest BCUT2D eigenvalue weighted by Gasteiger charge is 2.21. The van der Waals surface area contributed by atoms with Gasteiger partial charge in [-0.2, -0.15) is 4.98 Å². The number of para-hydroxylation sites is 1. The van der Waals surface area contributed by atoms with Gasteiger partial charge < -0.3 is 4.90 Å². The fourth-order valence-corrected chi connectivity index (χ4v) is 2.56. The van der Waals surface area contributed by atoms with E-state index in [1.54, 1.807) is 4.57 Å². The van der Waals surface area contributed by atoms with Gasteiger partial charge in [0.2, 0.25) is 0 Å². The highest BCUT2D eigenvalue weighted by molar-refractivity contribution is 5.82. The Hall–Kier alpha value is -1.68. The molecule has 22 heavy (non-hydrogen) atoms. The number of aromatic nitrogens is 2. The van der Waals surface area contributed by atoms with Crippen molar-refractivity contribution >= 4 is 10.9 Å². The van der Waals surface area contributed by atoms with E-state index in [0.29, 0.717) is 6.54 Å². The summed E-state index contributed by atoms with van der Waals surface area (Å²) in [5, 5.41) is 1.08. The molecule has 1 aromatic heterocycles. The van der Waals surface area contributed by atoms with Gasteiger partial charge in [0.05, 0.1) is 11.2 Å². The highest BCUT2D eigenvalue weighted by Crippen LogP contribution is 2.26. The third-order valence-electron chi connectivity index (χ3n) is 3.59. The van der Waals surface area contributed by atoms with Crippen LogP contribution in [0.25, 0.3) is 10.9 Å². The summed E-state index contributed by atoms with van der Waals surface area (Å²) in [6.45, 7) is 7.95. The summed E-state index contributed by atoms with van der Waals surface area (Å²) in [6, 6.07) is 8.07. The van der Waals surface area contributed by atoms with Gasteiger partial charge in [-0.15, -0.1) is 0 Å². The van der Waals surface area contributed by atoms with E-state index in [4.69, 9.17) is 0 Å². The Kier molecular flexibility index (Phi) is 5.89. The average Bonchev–Trinajstić information content (AvgIpc) is 2.39. The number of benzene rings is 1. The predicted octanol–water partition coefficient (Wildman–Crippen LogP) is 3.28. The van der Waals surface area contributed by atoms with Crippen LogP contribution in [0.15, 0.2) is 29.1 Å². The molecule has 2 aromatic rings. The maximum Gasteiger partial charge on any atom is 0.348 e. The van der Waals surface area contributed by atoms with Crippen molar-refractivity contribution in [1.82, 2.24) is 14.5 Å². The van der Waals surface area contributed by atoms with Crippen molar-refractivity contribution in [3.05, 3.63) is 40.4 Å². The molecule has 0 fully saturated rings. The molecular weight excluding hydrogens is 274 g/mol. The second-order valence-electron chi connectivity index (χ2n) is 6.82. The molecule has 0 atom stereocenters. The zero-order valence-electron chi connectivity index (χ0n) is 13.7. The topological polar surface area (TPSA) is 38.1 Å². The maximum atomic E-state index is 12.4. The Morgan fingerprint density at radius 2 is 1.82 bits per heavy atom.